The number of hydrogen-bond acceptors (Lipinski definition) is 3. The molecule has 0 bridgehead atoms. The average Bonchev–Trinajstić information content (AvgIpc) is 4.00. The monoisotopic (exact) mass is 1250 g/mol. The Balaban J connectivity index is 0.00000736. The third-order valence-corrected chi connectivity index (χ3v) is 15.9. The normalized spacial score (nSPS) is 12.6. The summed E-state index contributed by atoms with van der Waals surface area (Å²) in [4.78, 5) is 10.7. The van der Waals surface area contributed by atoms with E-state index in [-0.39, 0.29) is 53.9 Å². The number of nitrogens with zero attached hydrogens (tertiary/aromatic N) is 4. The van der Waals surface area contributed by atoms with Crippen LogP contribution in [0.3, 0.4) is 0 Å². The largest absolute Gasteiger partial charge is 0.507 e. The Morgan fingerprint density at radius 1 is 0.432 bits per heavy atom. The third-order valence-electron chi connectivity index (χ3n) is 15.9. The zero-order valence-electron chi connectivity index (χ0n) is 49.6. The van der Waals surface area contributed by atoms with Crippen molar-refractivity contribution in [2.45, 2.75) is 131 Å². The molecule has 0 spiro atoms. The summed E-state index contributed by atoms with van der Waals surface area (Å²) in [5, 5.41) is 14.2. The van der Waals surface area contributed by atoms with Gasteiger partial charge in [0, 0.05) is 60.7 Å². The van der Waals surface area contributed by atoms with Crippen molar-refractivity contribution in [3.8, 4) is 73.2 Å². The topological polar surface area (TPSA) is 55.9 Å². The summed E-state index contributed by atoms with van der Waals surface area (Å²) in [6, 6.07) is 61.1. The zero-order chi connectivity index (χ0) is 57.0. The molecule has 11 aromatic rings. The van der Waals surface area contributed by atoms with Gasteiger partial charge in [-0.05, 0) is 127 Å². The maximum atomic E-state index is 15.7. The van der Waals surface area contributed by atoms with Gasteiger partial charge in [0.2, 0.25) is 0 Å². The predicted octanol–water partition coefficient (Wildman–Crippen LogP) is 20.0. The molecule has 81 heavy (non-hydrogen) atoms. The van der Waals surface area contributed by atoms with Crippen LogP contribution in [0.25, 0.3) is 100 Å². The van der Waals surface area contributed by atoms with E-state index in [2.05, 4.69) is 265 Å². The van der Waals surface area contributed by atoms with Crippen molar-refractivity contribution in [2.24, 2.45) is 0 Å². The quantitative estimate of drug-likeness (QED) is 0.162. The number of aromatic nitrogens is 4. The van der Waals surface area contributed by atoms with Crippen LogP contribution in [0, 0.1) is 11.9 Å². The van der Waals surface area contributed by atoms with E-state index in [0.717, 1.165) is 89.3 Å². The van der Waals surface area contributed by atoms with E-state index in [1.807, 2.05) is 6.20 Å². The summed E-state index contributed by atoms with van der Waals surface area (Å²) in [7, 11) is 0. The number of phenols is 1. The number of pyridine rings is 1. The summed E-state index contributed by atoms with van der Waals surface area (Å²) in [5.41, 5.74) is 18.5. The standard InChI is InChI=1S/C74H74FN4O.Pt/c1-70(2,3)50-35-48(32-49(36-50)63-38-45(30-31-76-63)58-25-21-26-60-59-24-19-20-27-64(59)78(68(58)60)56-22-17-16-18-23-56)61-37-47(46-33-51(71(4,5)6)40-52(34-46)72(7,8)9)39-65-67(61)77-69(62-44-55(75)28-29-66(62)80)79(65)57-42-53(73(10,11)12)41-54(43-57)74(13,14)15;/h16-31,33-44,80H,1-15H3;/q-1;. The number of benzene rings is 8. The number of rotatable bonds is 7. The van der Waals surface area contributed by atoms with Crippen LogP contribution < -0.4 is 0 Å². The van der Waals surface area contributed by atoms with Crippen LogP contribution in [0.5, 0.6) is 5.75 Å². The summed E-state index contributed by atoms with van der Waals surface area (Å²) < 4.78 is 20.2. The molecule has 0 atom stereocenters. The fraction of sp³-hybridized carbons (Fsp3) is 0.270. The Bertz CT molecular complexity index is 4160. The number of aromatic hydroxyl groups is 1. The molecule has 0 unspecified atom stereocenters. The van der Waals surface area contributed by atoms with Crippen molar-refractivity contribution >= 4 is 32.8 Å². The van der Waals surface area contributed by atoms with Gasteiger partial charge in [0.25, 0.3) is 0 Å². The number of phenolic OH excluding ortho intramolecular Hbond substituents is 1. The minimum atomic E-state index is -0.465. The van der Waals surface area contributed by atoms with E-state index in [1.165, 1.54) is 40.1 Å². The van der Waals surface area contributed by atoms with E-state index in [4.69, 9.17) is 9.97 Å². The van der Waals surface area contributed by atoms with Crippen LogP contribution in [-0.2, 0) is 48.1 Å². The molecule has 0 radical (unpaired) electrons. The maximum absolute atomic E-state index is 15.7. The summed E-state index contributed by atoms with van der Waals surface area (Å²) in [6.45, 7) is 33.8. The van der Waals surface area contributed by atoms with Gasteiger partial charge in [0.1, 0.15) is 17.4 Å². The number of fused-ring (bicyclic) bond motifs is 4. The average molecular weight is 1250 g/mol. The molecule has 5 nitrogen and oxygen atoms in total. The molecule has 8 aromatic carbocycles. The van der Waals surface area contributed by atoms with Gasteiger partial charge in [-0.25, -0.2) is 9.37 Å². The van der Waals surface area contributed by atoms with E-state index in [1.54, 1.807) is 0 Å². The van der Waals surface area contributed by atoms with Crippen LogP contribution in [0.15, 0.2) is 170 Å². The van der Waals surface area contributed by atoms with Gasteiger partial charge in [-0.3, -0.25) is 9.55 Å². The Kier molecular flexibility index (Phi) is 14.4. The first-order chi connectivity index (χ1) is 37.6. The molecule has 7 heteroatoms. The Labute approximate surface area is 493 Å². The van der Waals surface area contributed by atoms with Gasteiger partial charge >= 0.3 is 0 Å². The second kappa shape index (κ2) is 20.5. The van der Waals surface area contributed by atoms with Crippen molar-refractivity contribution in [2.75, 3.05) is 0 Å². The van der Waals surface area contributed by atoms with Crippen molar-refractivity contribution in [3.05, 3.63) is 210 Å². The molecular formula is C74H74FN4OPt-. The number of imidazole rings is 1. The summed E-state index contributed by atoms with van der Waals surface area (Å²) in [6.07, 6.45) is 1.92. The van der Waals surface area contributed by atoms with Gasteiger partial charge in [0.05, 0.1) is 27.6 Å². The van der Waals surface area contributed by atoms with Crippen molar-refractivity contribution < 1.29 is 30.6 Å². The van der Waals surface area contributed by atoms with Crippen LogP contribution in [0.2, 0.25) is 0 Å². The molecular weight excluding hydrogens is 1170 g/mol. The molecule has 3 aromatic heterocycles. The van der Waals surface area contributed by atoms with Crippen molar-refractivity contribution in [3.63, 3.8) is 0 Å². The Hall–Kier alpha value is -7.40. The van der Waals surface area contributed by atoms with Gasteiger partial charge in [-0.15, -0.1) is 29.3 Å². The van der Waals surface area contributed by atoms with Crippen molar-refractivity contribution in [1.29, 1.82) is 0 Å². The first-order valence-electron chi connectivity index (χ1n) is 28.1. The Morgan fingerprint density at radius 3 is 1.62 bits per heavy atom. The Morgan fingerprint density at radius 2 is 0.988 bits per heavy atom. The van der Waals surface area contributed by atoms with E-state index in [9.17, 15) is 5.11 Å². The van der Waals surface area contributed by atoms with Gasteiger partial charge in [-0.2, -0.15) is 0 Å². The van der Waals surface area contributed by atoms with Gasteiger partial charge < -0.3 is 9.67 Å². The van der Waals surface area contributed by atoms with E-state index >= 15 is 4.39 Å². The first kappa shape index (κ1) is 56.9. The molecule has 0 saturated heterocycles. The third kappa shape index (κ3) is 10.9. The summed E-state index contributed by atoms with van der Waals surface area (Å²) >= 11 is 0. The number of hydrogen-bond donors (Lipinski definition) is 1. The van der Waals surface area contributed by atoms with Crippen LogP contribution in [0.1, 0.15) is 132 Å². The van der Waals surface area contributed by atoms with Gasteiger partial charge in [-0.1, -0.05) is 206 Å². The molecule has 1 N–H and O–H groups in total. The van der Waals surface area contributed by atoms with Gasteiger partial charge in [0.15, 0.2) is 0 Å². The molecule has 0 aliphatic rings. The molecule has 0 fully saturated rings. The molecule has 414 valence electrons. The second-order valence-electron chi connectivity index (χ2n) is 27.2. The molecule has 3 heterocycles. The smallest absolute Gasteiger partial charge is 0.148 e. The van der Waals surface area contributed by atoms with Crippen LogP contribution >= 0.6 is 0 Å². The van der Waals surface area contributed by atoms with Crippen molar-refractivity contribution in [1.82, 2.24) is 19.1 Å². The molecule has 0 aliphatic carbocycles. The fourth-order valence-corrected chi connectivity index (χ4v) is 11.1. The van der Waals surface area contributed by atoms with E-state index < -0.39 is 5.82 Å². The van der Waals surface area contributed by atoms with E-state index in [0.29, 0.717) is 16.9 Å². The maximum Gasteiger partial charge on any atom is 0.148 e. The van der Waals surface area contributed by atoms with Crippen LogP contribution in [-0.4, -0.2) is 24.2 Å². The number of para-hydroxylation sites is 3. The molecule has 0 saturated carbocycles. The second-order valence-corrected chi connectivity index (χ2v) is 27.2. The van der Waals surface area contributed by atoms with Crippen LogP contribution in [0.4, 0.5) is 4.39 Å². The minimum absolute atomic E-state index is 0. The minimum Gasteiger partial charge on any atom is -0.507 e. The zero-order valence-corrected chi connectivity index (χ0v) is 51.9. The predicted molar refractivity (Wildman–Crippen MR) is 334 cm³/mol. The molecule has 0 amide bonds. The summed E-state index contributed by atoms with van der Waals surface area (Å²) in [5.74, 6) is -0.0909. The SMILES string of the molecule is CC(C)(C)c1cc(-c2cc(-c3cccc4c5ccccc5n(-c5ccccc5)c34)ccn2)[c-]c(-c2cc(-c3cc(C(C)(C)C)cc(C(C)(C)C)c3)cc3c2nc(-c2cc(F)ccc2O)n3-c2cc(C(C)(C)C)cc(C(C)(C)C)c2)c1.[Pt]. The number of halogens is 1. The first-order valence-corrected chi connectivity index (χ1v) is 28.1. The molecule has 0 aliphatic heterocycles. The fourth-order valence-electron chi connectivity index (χ4n) is 11.1. The molecule has 11 rings (SSSR count).